The Morgan fingerprint density at radius 2 is 2.10 bits per heavy atom. The summed E-state index contributed by atoms with van der Waals surface area (Å²) in [5.74, 6) is 0.229. The molecule has 0 aliphatic heterocycles. The lowest BCUT2D eigenvalue weighted by atomic mass is 10.1. The van der Waals surface area contributed by atoms with Gasteiger partial charge in [0.25, 0.3) is 0 Å². The number of hydrogen-bond donors (Lipinski definition) is 1. The molecule has 0 radical (unpaired) electrons. The topological polar surface area (TPSA) is 72.8 Å². The number of carboxylic acids is 1. The Kier molecular flexibility index (Phi) is 6.66. The van der Waals surface area contributed by atoms with E-state index >= 15 is 0 Å². The van der Waals surface area contributed by atoms with E-state index in [9.17, 15) is 9.59 Å². The Morgan fingerprint density at radius 1 is 1.35 bits per heavy atom. The van der Waals surface area contributed by atoms with Crippen molar-refractivity contribution in [3.63, 3.8) is 0 Å². The van der Waals surface area contributed by atoms with E-state index in [1.165, 1.54) is 32.1 Å². The first-order valence-corrected chi connectivity index (χ1v) is 6.94. The van der Waals surface area contributed by atoms with Gasteiger partial charge >= 0.3 is 11.9 Å². The molecule has 1 aromatic rings. The summed E-state index contributed by atoms with van der Waals surface area (Å²) in [6, 6.07) is 5.49. The maximum absolute atomic E-state index is 11.0. The Labute approximate surface area is 121 Å². The summed E-state index contributed by atoms with van der Waals surface area (Å²) >= 11 is 1.43. The molecule has 0 unspecified atom stereocenters. The minimum Gasteiger partial charge on any atom is -0.496 e. The minimum absolute atomic E-state index is 0.269. The Balaban J connectivity index is 2.76. The van der Waals surface area contributed by atoms with Crippen molar-refractivity contribution in [2.75, 3.05) is 20.0 Å². The van der Waals surface area contributed by atoms with E-state index < -0.39 is 5.97 Å². The van der Waals surface area contributed by atoms with Crippen molar-refractivity contribution in [3.05, 3.63) is 35.4 Å². The zero-order valence-corrected chi connectivity index (χ0v) is 12.1. The van der Waals surface area contributed by atoms with Crippen LogP contribution in [0.25, 0.3) is 6.08 Å². The van der Waals surface area contributed by atoms with Crippen LogP contribution in [0.5, 0.6) is 5.75 Å². The normalized spacial score (nSPS) is 10.5. The van der Waals surface area contributed by atoms with Crippen LogP contribution in [0.2, 0.25) is 0 Å². The van der Waals surface area contributed by atoms with E-state index in [0.29, 0.717) is 17.1 Å². The van der Waals surface area contributed by atoms with Crippen molar-refractivity contribution >= 4 is 29.8 Å². The second-order valence-electron chi connectivity index (χ2n) is 3.82. The second-order valence-corrected chi connectivity index (χ2v) is 4.80. The minimum atomic E-state index is -1.02. The van der Waals surface area contributed by atoms with Gasteiger partial charge in [-0.05, 0) is 23.8 Å². The number of thioether (sulfide) groups is 1. The van der Waals surface area contributed by atoms with Crippen LogP contribution in [0.15, 0.2) is 24.3 Å². The lowest BCUT2D eigenvalue weighted by Gasteiger charge is -2.07. The average molecular weight is 296 g/mol. The van der Waals surface area contributed by atoms with Gasteiger partial charge in [-0.2, -0.15) is 0 Å². The predicted molar refractivity (Wildman–Crippen MR) is 77.8 cm³/mol. The van der Waals surface area contributed by atoms with Gasteiger partial charge in [0.05, 0.1) is 20.0 Å². The van der Waals surface area contributed by atoms with Crippen molar-refractivity contribution in [1.82, 2.24) is 0 Å². The second kappa shape index (κ2) is 8.27. The molecule has 0 aliphatic carbocycles. The molecule has 0 bridgehead atoms. The molecule has 5 nitrogen and oxygen atoms in total. The maximum atomic E-state index is 11.0. The summed E-state index contributed by atoms with van der Waals surface area (Å²) in [6.07, 6.45) is 2.54. The molecule has 0 saturated carbocycles. The van der Waals surface area contributed by atoms with Gasteiger partial charge in [-0.15, -0.1) is 11.8 Å². The van der Waals surface area contributed by atoms with E-state index in [-0.39, 0.29) is 11.7 Å². The van der Waals surface area contributed by atoms with Crippen molar-refractivity contribution in [2.24, 2.45) is 0 Å². The zero-order valence-electron chi connectivity index (χ0n) is 11.3. The molecular formula is C14H16O5S. The first kappa shape index (κ1) is 16.1. The SMILES string of the molecule is COC(=O)CSCc1ccc(OC)c(C=CC(=O)O)c1. The van der Waals surface area contributed by atoms with Gasteiger partial charge in [0.1, 0.15) is 5.75 Å². The molecule has 0 atom stereocenters. The number of ether oxygens (including phenoxy) is 2. The first-order valence-electron chi connectivity index (χ1n) is 5.79. The van der Waals surface area contributed by atoms with E-state index in [1.54, 1.807) is 6.07 Å². The molecule has 0 fully saturated rings. The van der Waals surface area contributed by atoms with Gasteiger partial charge in [-0.1, -0.05) is 6.07 Å². The average Bonchev–Trinajstić information content (AvgIpc) is 2.45. The fraction of sp³-hybridized carbons (Fsp3) is 0.286. The molecule has 1 aromatic carbocycles. The van der Waals surface area contributed by atoms with Gasteiger partial charge in [-0.3, -0.25) is 4.79 Å². The van der Waals surface area contributed by atoms with Crippen molar-refractivity contribution < 1.29 is 24.2 Å². The van der Waals surface area contributed by atoms with Crippen LogP contribution in [0.3, 0.4) is 0 Å². The molecule has 1 rings (SSSR count). The third kappa shape index (κ3) is 5.36. The van der Waals surface area contributed by atoms with Gasteiger partial charge in [0.2, 0.25) is 0 Å². The van der Waals surface area contributed by atoms with Crippen LogP contribution in [-0.2, 0) is 20.1 Å². The number of aliphatic carboxylic acids is 1. The van der Waals surface area contributed by atoms with Crippen LogP contribution in [-0.4, -0.2) is 37.0 Å². The fourth-order valence-corrected chi connectivity index (χ4v) is 2.28. The molecule has 0 aromatic heterocycles. The molecule has 6 heteroatoms. The van der Waals surface area contributed by atoms with Crippen LogP contribution in [0.1, 0.15) is 11.1 Å². The number of benzene rings is 1. The quantitative estimate of drug-likeness (QED) is 0.614. The van der Waals surface area contributed by atoms with Crippen LogP contribution in [0.4, 0.5) is 0 Å². The number of carbonyl (C=O) groups is 2. The lowest BCUT2D eigenvalue weighted by Crippen LogP contribution is -2.03. The summed E-state index contributed by atoms with van der Waals surface area (Å²) in [6.45, 7) is 0. The summed E-state index contributed by atoms with van der Waals surface area (Å²) in [5, 5.41) is 8.65. The molecule has 0 aliphatic rings. The number of hydrogen-bond acceptors (Lipinski definition) is 5. The van der Waals surface area contributed by atoms with Crippen LogP contribution >= 0.6 is 11.8 Å². The third-order valence-corrected chi connectivity index (χ3v) is 3.39. The number of esters is 1. The summed E-state index contributed by atoms with van der Waals surface area (Å²) in [4.78, 5) is 21.6. The van der Waals surface area contributed by atoms with Crippen LogP contribution in [0, 0.1) is 0 Å². The third-order valence-electron chi connectivity index (χ3n) is 2.42. The van der Waals surface area contributed by atoms with Crippen LogP contribution < -0.4 is 4.74 Å². The monoisotopic (exact) mass is 296 g/mol. The molecule has 0 saturated heterocycles. The van der Waals surface area contributed by atoms with E-state index in [1.807, 2.05) is 12.1 Å². The Hall–Kier alpha value is -1.95. The van der Waals surface area contributed by atoms with Gasteiger partial charge < -0.3 is 14.6 Å². The highest BCUT2D eigenvalue weighted by Gasteiger charge is 2.05. The molecule has 0 spiro atoms. The van der Waals surface area contributed by atoms with Crippen molar-refractivity contribution in [1.29, 1.82) is 0 Å². The molecule has 108 valence electrons. The largest absolute Gasteiger partial charge is 0.496 e. The first-order chi connectivity index (χ1) is 9.56. The highest BCUT2D eigenvalue weighted by Crippen LogP contribution is 2.23. The summed E-state index contributed by atoms with van der Waals surface area (Å²) in [5.41, 5.74) is 1.66. The fourth-order valence-electron chi connectivity index (χ4n) is 1.48. The Bertz CT molecular complexity index is 510. The van der Waals surface area contributed by atoms with Crippen molar-refractivity contribution in [2.45, 2.75) is 5.75 Å². The molecule has 20 heavy (non-hydrogen) atoms. The zero-order chi connectivity index (χ0) is 15.0. The number of carbonyl (C=O) groups excluding carboxylic acids is 1. The highest BCUT2D eigenvalue weighted by atomic mass is 32.2. The Morgan fingerprint density at radius 3 is 2.70 bits per heavy atom. The number of rotatable bonds is 7. The summed E-state index contributed by atoms with van der Waals surface area (Å²) in [7, 11) is 2.88. The maximum Gasteiger partial charge on any atom is 0.328 e. The van der Waals surface area contributed by atoms with E-state index in [2.05, 4.69) is 4.74 Å². The van der Waals surface area contributed by atoms with Gasteiger partial charge in [-0.25, -0.2) is 4.79 Å². The molecule has 1 N–H and O–H groups in total. The number of methoxy groups -OCH3 is 2. The van der Waals surface area contributed by atoms with Crippen molar-refractivity contribution in [3.8, 4) is 5.75 Å². The molecular weight excluding hydrogens is 280 g/mol. The smallest absolute Gasteiger partial charge is 0.328 e. The highest BCUT2D eigenvalue weighted by molar-refractivity contribution is 7.99. The number of carboxylic acid groups (broad SMARTS) is 1. The van der Waals surface area contributed by atoms with Gasteiger partial charge in [0, 0.05) is 17.4 Å². The lowest BCUT2D eigenvalue weighted by molar-refractivity contribution is -0.137. The van der Waals surface area contributed by atoms with E-state index in [4.69, 9.17) is 9.84 Å². The standard InChI is InChI=1S/C14H16O5S/c1-18-12-5-3-10(8-20-9-14(17)19-2)7-11(12)4-6-13(15)16/h3-7H,8-9H2,1-2H3,(H,15,16). The van der Waals surface area contributed by atoms with Gasteiger partial charge in [0.15, 0.2) is 0 Å². The van der Waals surface area contributed by atoms with E-state index in [0.717, 1.165) is 11.6 Å². The molecule has 0 heterocycles. The summed E-state index contributed by atoms with van der Waals surface area (Å²) < 4.78 is 9.72. The predicted octanol–water partition coefficient (Wildman–Crippen LogP) is 2.20. The molecule has 0 amide bonds.